The number of fused-ring (bicyclic) bond motifs is 1. The predicted octanol–water partition coefficient (Wildman–Crippen LogP) is 3.36. The standard InChI is InChI=1S/C16H14ClN3O3S/c17-10-2-3-13(23-5-1-4-21)12(6-10)20-16(22)11-8-24-14-7-18-9-19-15(11)14/h2-3,6-9,21H,1,4-5H2,(H,20,22). The van der Waals surface area contributed by atoms with Crippen molar-refractivity contribution in [2.75, 3.05) is 18.5 Å². The molecule has 3 rings (SSSR count). The lowest BCUT2D eigenvalue weighted by molar-refractivity contribution is 0.102. The van der Waals surface area contributed by atoms with Gasteiger partial charge in [-0.2, -0.15) is 0 Å². The number of halogens is 1. The van der Waals surface area contributed by atoms with Gasteiger partial charge in [0.1, 0.15) is 12.1 Å². The summed E-state index contributed by atoms with van der Waals surface area (Å²) >= 11 is 7.42. The molecule has 2 aromatic heterocycles. The molecular weight excluding hydrogens is 350 g/mol. The van der Waals surface area contributed by atoms with Gasteiger partial charge in [0.15, 0.2) is 0 Å². The van der Waals surface area contributed by atoms with E-state index in [2.05, 4.69) is 15.3 Å². The summed E-state index contributed by atoms with van der Waals surface area (Å²) in [5, 5.41) is 13.9. The van der Waals surface area contributed by atoms with Crippen LogP contribution in [0.4, 0.5) is 5.69 Å². The molecule has 0 fully saturated rings. The molecule has 8 heteroatoms. The van der Waals surface area contributed by atoms with Crippen LogP contribution in [0, 0.1) is 0 Å². The molecule has 24 heavy (non-hydrogen) atoms. The number of amides is 1. The van der Waals surface area contributed by atoms with Crippen molar-refractivity contribution in [2.45, 2.75) is 6.42 Å². The van der Waals surface area contributed by atoms with Gasteiger partial charge >= 0.3 is 0 Å². The van der Waals surface area contributed by atoms with Crippen LogP contribution in [0.5, 0.6) is 5.75 Å². The van der Waals surface area contributed by atoms with Crippen LogP contribution >= 0.6 is 22.9 Å². The maximum Gasteiger partial charge on any atom is 0.258 e. The first kappa shape index (κ1) is 16.6. The zero-order valence-electron chi connectivity index (χ0n) is 12.5. The van der Waals surface area contributed by atoms with E-state index in [0.717, 1.165) is 4.70 Å². The minimum atomic E-state index is -0.297. The number of aliphatic hydroxyl groups excluding tert-OH is 1. The highest BCUT2D eigenvalue weighted by Gasteiger charge is 2.16. The quantitative estimate of drug-likeness (QED) is 0.656. The highest BCUT2D eigenvalue weighted by atomic mass is 35.5. The Morgan fingerprint density at radius 1 is 1.42 bits per heavy atom. The Labute approximate surface area is 147 Å². The highest BCUT2D eigenvalue weighted by molar-refractivity contribution is 7.17. The van der Waals surface area contributed by atoms with Crippen LogP contribution in [-0.4, -0.2) is 34.2 Å². The highest BCUT2D eigenvalue weighted by Crippen LogP contribution is 2.30. The molecule has 0 atom stereocenters. The molecule has 0 aliphatic heterocycles. The second-order valence-corrected chi connectivity index (χ2v) is 6.25. The Kier molecular flexibility index (Phi) is 5.24. The van der Waals surface area contributed by atoms with Crippen LogP contribution in [0.25, 0.3) is 10.2 Å². The number of nitrogens with one attached hydrogen (secondary N) is 1. The third kappa shape index (κ3) is 3.64. The van der Waals surface area contributed by atoms with Gasteiger partial charge in [-0.05, 0) is 18.2 Å². The van der Waals surface area contributed by atoms with Crippen LogP contribution < -0.4 is 10.1 Å². The summed E-state index contributed by atoms with van der Waals surface area (Å²) in [5.41, 5.74) is 1.55. The van der Waals surface area contributed by atoms with Gasteiger partial charge in [0.2, 0.25) is 0 Å². The summed E-state index contributed by atoms with van der Waals surface area (Å²) in [5.74, 6) is 0.199. The molecule has 0 unspecified atom stereocenters. The summed E-state index contributed by atoms with van der Waals surface area (Å²) in [6.07, 6.45) is 3.59. The average Bonchev–Trinajstić information content (AvgIpc) is 3.01. The van der Waals surface area contributed by atoms with Crippen molar-refractivity contribution in [3.63, 3.8) is 0 Å². The number of ether oxygens (including phenoxy) is 1. The minimum absolute atomic E-state index is 0.0376. The Morgan fingerprint density at radius 2 is 2.29 bits per heavy atom. The minimum Gasteiger partial charge on any atom is -0.491 e. The fraction of sp³-hybridized carbons (Fsp3) is 0.188. The van der Waals surface area contributed by atoms with Crippen LogP contribution in [0.2, 0.25) is 5.02 Å². The van der Waals surface area contributed by atoms with Gasteiger partial charge in [-0.1, -0.05) is 11.6 Å². The monoisotopic (exact) mass is 363 g/mol. The Bertz CT molecular complexity index is 869. The molecule has 0 aliphatic rings. The first-order chi connectivity index (χ1) is 11.7. The summed E-state index contributed by atoms with van der Waals surface area (Å²) < 4.78 is 6.42. The Balaban J connectivity index is 1.84. The number of carbonyl (C=O) groups is 1. The molecule has 1 amide bonds. The molecule has 0 radical (unpaired) electrons. The molecule has 3 aromatic rings. The zero-order chi connectivity index (χ0) is 16.9. The van der Waals surface area contributed by atoms with Crippen molar-refractivity contribution in [3.05, 3.63) is 46.7 Å². The summed E-state index contributed by atoms with van der Waals surface area (Å²) in [6, 6.07) is 4.99. The van der Waals surface area contributed by atoms with E-state index < -0.39 is 0 Å². The van der Waals surface area contributed by atoms with Gasteiger partial charge in [0.25, 0.3) is 5.91 Å². The van der Waals surface area contributed by atoms with Crippen molar-refractivity contribution >= 4 is 44.7 Å². The second kappa shape index (κ2) is 7.57. The first-order valence-corrected chi connectivity index (χ1v) is 8.46. The van der Waals surface area contributed by atoms with Gasteiger partial charge in [0, 0.05) is 29.6 Å². The molecule has 124 valence electrons. The molecule has 0 bridgehead atoms. The number of nitrogens with zero attached hydrogens (tertiary/aromatic N) is 2. The fourth-order valence-corrected chi connectivity index (χ4v) is 3.14. The molecule has 1 aromatic carbocycles. The van der Waals surface area contributed by atoms with Gasteiger partial charge < -0.3 is 15.2 Å². The lowest BCUT2D eigenvalue weighted by Gasteiger charge is -2.12. The maximum absolute atomic E-state index is 12.6. The number of hydrogen-bond donors (Lipinski definition) is 2. The topological polar surface area (TPSA) is 84.3 Å². The molecular formula is C16H14ClN3O3S. The van der Waals surface area contributed by atoms with E-state index in [4.69, 9.17) is 21.4 Å². The van der Waals surface area contributed by atoms with Crippen molar-refractivity contribution in [1.29, 1.82) is 0 Å². The molecule has 0 saturated carbocycles. The van der Waals surface area contributed by atoms with Gasteiger partial charge in [0.05, 0.1) is 28.1 Å². The van der Waals surface area contributed by atoms with E-state index in [1.807, 2.05) is 0 Å². The maximum atomic E-state index is 12.6. The molecule has 0 spiro atoms. The van der Waals surface area contributed by atoms with Crippen molar-refractivity contribution in [1.82, 2.24) is 9.97 Å². The number of anilines is 1. The third-order valence-electron chi connectivity index (χ3n) is 3.23. The van der Waals surface area contributed by atoms with Gasteiger partial charge in [-0.15, -0.1) is 11.3 Å². The van der Waals surface area contributed by atoms with Crippen LogP contribution in [0.3, 0.4) is 0 Å². The number of aliphatic hydroxyl groups is 1. The lowest BCUT2D eigenvalue weighted by Crippen LogP contribution is -2.13. The number of carbonyl (C=O) groups excluding carboxylic acids is 1. The lowest BCUT2D eigenvalue weighted by atomic mass is 10.2. The second-order valence-electron chi connectivity index (χ2n) is 4.91. The summed E-state index contributed by atoms with van der Waals surface area (Å²) in [7, 11) is 0. The largest absolute Gasteiger partial charge is 0.491 e. The van der Waals surface area contributed by atoms with E-state index in [1.165, 1.54) is 17.7 Å². The van der Waals surface area contributed by atoms with E-state index in [0.29, 0.717) is 40.6 Å². The predicted molar refractivity (Wildman–Crippen MR) is 94.0 cm³/mol. The van der Waals surface area contributed by atoms with E-state index in [1.54, 1.807) is 29.8 Å². The normalized spacial score (nSPS) is 10.8. The van der Waals surface area contributed by atoms with Crippen molar-refractivity contribution in [3.8, 4) is 5.75 Å². The van der Waals surface area contributed by atoms with Gasteiger partial charge in [-0.25, -0.2) is 9.97 Å². The number of benzene rings is 1. The molecule has 0 saturated heterocycles. The SMILES string of the molecule is O=C(Nc1cc(Cl)ccc1OCCCO)c1csc2cncnc12. The molecule has 0 aliphatic carbocycles. The van der Waals surface area contributed by atoms with Crippen LogP contribution in [0.1, 0.15) is 16.8 Å². The Morgan fingerprint density at radius 3 is 3.12 bits per heavy atom. The molecule has 6 nitrogen and oxygen atoms in total. The fourth-order valence-electron chi connectivity index (χ4n) is 2.11. The summed E-state index contributed by atoms with van der Waals surface area (Å²) in [4.78, 5) is 20.7. The summed E-state index contributed by atoms with van der Waals surface area (Å²) in [6.45, 7) is 0.380. The Hall–Kier alpha value is -2.22. The van der Waals surface area contributed by atoms with Crippen molar-refractivity contribution in [2.24, 2.45) is 0 Å². The van der Waals surface area contributed by atoms with Crippen LogP contribution in [0.15, 0.2) is 36.1 Å². The third-order valence-corrected chi connectivity index (χ3v) is 4.37. The number of thiophene rings is 1. The average molecular weight is 364 g/mol. The number of rotatable bonds is 6. The van der Waals surface area contributed by atoms with Crippen molar-refractivity contribution < 1.29 is 14.6 Å². The first-order valence-electron chi connectivity index (χ1n) is 7.21. The van der Waals surface area contributed by atoms with Crippen LogP contribution in [-0.2, 0) is 0 Å². The van der Waals surface area contributed by atoms with Gasteiger partial charge in [-0.3, -0.25) is 4.79 Å². The zero-order valence-corrected chi connectivity index (χ0v) is 14.1. The van der Waals surface area contributed by atoms with E-state index in [9.17, 15) is 4.79 Å². The van der Waals surface area contributed by atoms with E-state index in [-0.39, 0.29) is 12.5 Å². The number of hydrogen-bond acceptors (Lipinski definition) is 6. The van der Waals surface area contributed by atoms with E-state index >= 15 is 0 Å². The number of aromatic nitrogens is 2. The smallest absolute Gasteiger partial charge is 0.258 e. The molecule has 2 heterocycles. The molecule has 2 N–H and O–H groups in total.